The molecule has 0 aromatic heterocycles. The number of phenolic OH excluding ortho intramolecular Hbond substituents is 1. The Bertz CT molecular complexity index is 1760. The number of nitrogens with one attached hydrogen (secondary N) is 1. The number of aliphatic hydroxyl groups excluding tert-OH is 2. The molecule has 3 aliphatic rings. The summed E-state index contributed by atoms with van der Waals surface area (Å²) in [6.45, 7) is 1.08. The first kappa shape index (κ1) is 33.6. The summed E-state index contributed by atoms with van der Waals surface area (Å²) in [5.41, 5.74) is 3.87. The highest BCUT2D eigenvalue weighted by atomic mass is 16.3. The van der Waals surface area contributed by atoms with Crippen LogP contribution in [0.1, 0.15) is 27.9 Å². The van der Waals surface area contributed by atoms with Gasteiger partial charge in [-0.05, 0) is 76.3 Å². The minimum absolute atomic E-state index is 0.00781. The lowest BCUT2D eigenvalue weighted by molar-refractivity contribution is -0.153. The van der Waals surface area contributed by atoms with Gasteiger partial charge in [0.2, 0.25) is 5.78 Å². The number of carbonyl (C=O) groups is 4. The molecule has 0 radical (unpaired) electrons. The van der Waals surface area contributed by atoms with Crippen LogP contribution in [0.5, 0.6) is 5.75 Å². The highest BCUT2D eigenvalue weighted by molar-refractivity contribution is 6.24. The molecule has 2 amide bonds. The Hall–Kier alpha value is -4.72. The Kier molecular flexibility index (Phi) is 8.69. The number of phenols is 1. The Labute approximate surface area is 272 Å². The first-order valence-electron chi connectivity index (χ1n) is 15.3. The van der Waals surface area contributed by atoms with E-state index in [-0.39, 0.29) is 41.2 Å². The SMILES string of the molecule is CN(C)CCNC(=O)c1cccc(-c2cc(N(C)C)c3c(c2O)C(O)=C2C(=O)[C@]4(O)C(O)=C(C(N)=O)C(=O)[C@@H](N(C)C)[C@@H]4C[C@@H]2C3)c1. The molecule has 7 N–H and O–H groups in total. The maximum atomic E-state index is 14.2. The molecule has 2 aromatic rings. The van der Waals surface area contributed by atoms with Gasteiger partial charge in [0.05, 0.1) is 11.6 Å². The van der Waals surface area contributed by atoms with E-state index < -0.39 is 58.0 Å². The van der Waals surface area contributed by atoms with Gasteiger partial charge in [-0.1, -0.05) is 12.1 Å². The molecular weight excluding hydrogens is 606 g/mol. The average Bonchev–Trinajstić information content (AvgIpc) is 2.98. The van der Waals surface area contributed by atoms with Gasteiger partial charge in [-0.25, -0.2) is 0 Å². The fraction of sp³-hybridized carbons (Fsp3) is 0.412. The Morgan fingerprint density at radius 1 is 1.04 bits per heavy atom. The number of benzene rings is 2. The summed E-state index contributed by atoms with van der Waals surface area (Å²) in [4.78, 5) is 57.9. The van der Waals surface area contributed by atoms with Gasteiger partial charge in [-0.15, -0.1) is 0 Å². The molecular formula is C34H41N5O8. The molecule has 0 heterocycles. The molecule has 0 spiro atoms. The van der Waals surface area contributed by atoms with Gasteiger partial charge < -0.3 is 41.3 Å². The van der Waals surface area contributed by atoms with Crippen LogP contribution in [-0.4, -0.2) is 121 Å². The van der Waals surface area contributed by atoms with Crippen LogP contribution in [0.2, 0.25) is 0 Å². The van der Waals surface area contributed by atoms with E-state index in [9.17, 15) is 39.6 Å². The number of aliphatic hydroxyl groups is 3. The fourth-order valence-corrected chi connectivity index (χ4v) is 7.23. The number of rotatable bonds is 8. The van der Waals surface area contributed by atoms with Crippen molar-refractivity contribution in [3.05, 3.63) is 63.9 Å². The number of fused-ring (bicyclic) bond motifs is 3. The third-order valence-electron chi connectivity index (χ3n) is 9.46. The summed E-state index contributed by atoms with van der Waals surface area (Å²) < 4.78 is 0. The van der Waals surface area contributed by atoms with Gasteiger partial charge in [0.25, 0.3) is 11.8 Å². The summed E-state index contributed by atoms with van der Waals surface area (Å²) >= 11 is 0. The summed E-state index contributed by atoms with van der Waals surface area (Å²) in [6.07, 6.45) is 0.149. The zero-order chi connectivity index (χ0) is 34.7. The molecule has 5 rings (SSSR count). The number of likely N-dealkylation sites (N-methyl/N-ethyl adjacent to an activating group) is 2. The standard InChI is InChI=1S/C34H41N5O8/c1-37(2)11-10-36-33(46)17-9-7-8-16(12-17)19-15-22(38(3)4)20-13-18-14-21-26(39(5)6)29(42)25(32(35)45)31(44)34(21,47)30(43)23(18)28(41)24(20)27(19)40/h7-9,12,15,18,21,26,40-41,44,47H,10-11,13-14H2,1-6H3,(H2,35,45)(H,36,46)/t18-,21-,26-,34-/m0/s1. The number of hydrogen-bond acceptors (Lipinski definition) is 11. The van der Waals surface area contributed by atoms with E-state index in [0.717, 1.165) is 0 Å². The van der Waals surface area contributed by atoms with Gasteiger partial charge in [0.1, 0.15) is 22.8 Å². The van der Waals surface area contributed by atoms with E-state index in [2.05, 4.69) is 5.32 Å². The van der Waals surface area contributed by atoms with Crippen molar-refractivity contribution in [1.82, 2.24) is 15.1 Å². The fourth-order valence-electron chi connectivity index (χ4n) is 7.23. The molecule has 13 nitrogen and oxygen atoms in total. The predicted molar refractivity (Wildman–Crippen MR) is 175 cm³/mol. The van der Waals surface area contributed by atoms with Crippen LogP contribution in [0.25, 0.3) is 16.9 Å². The van der Waals surface area contributed by atoms with E-state index in [0.29, 0.717) is 35.5 Å². The number of amides is 2. The average molecular weight is 648 g/mol. The number of anilines is 1. The maximum absolute atomic E-state index is 14.2. The number of nitrogens with two attached hydrogens (primary N) is 1. The van der Waals surface area contributed by atoms with Gasteiger partial charge in [0, 0.05) is 55.5 Å². The zero-order valence-electron chi connectivity index (χ0n) is 27.3. The Balaban J connectivity index is 1.67. The Morgan fingerprint density at radius 3 is 2.32 bits per heavy atom. The first-order chi connectivity index (χ1) is 22.0. The molecule has 1 saturated carbocycles. The molecule has 250 valence electrons. The van der Waals surface area contributed by atoms with Crippen molar-refractivity contribution in [3.63, 3.8) is 0 Å². The van der Waals surface area contributed by atoms with Crippen LogP contribution in [0.3, 0.4) is 0 Å². The third-order valence-corrected chi connectivity index (χ3v) is 9.46. The molecule has 0 bridgehead atoms. The lowest BCUT2D eigenvalue weighted by Gasteiger charge is -2.50. The molecule has 47 heavy (non-hydrogen) atoms. The quantitative estimate of drug-likeness (QED) is 0.224. The van der Waals surface area contributed by atoms with E-state index >= 15 is 0 Å². The van der Waals surface area contributed by atoms with E-state index in [4.69, 9.17) is 5.73 Å². The van der Waals surface area contributed by atoms with E-state index in [1.807, 2.05) is 19.0 Å². The Morgan fingerprint density at radius 2 is 1.72 bits per heavy atom. The van der Waals surface area contributed by atoms with Gasteiger partial charge in [0.15, 0.2) is 11.4 Å². The van der Waals surface area contributed by atoms with Gasteiger partial charge >= 0.3 is 0 Å². The minimum atomic E-state index is -2.73. The molecule has 2 aromatic carbocycles. The number of hydrogen-bond donors (Lipinski definition) is 6. The van der Waals surface area contributed by atoms with Crippen LogP contribution < -0.4 is 16.0 Å². The molecule has 0 saturated heterocycles. The molecule has 0 aliphatic heterocycles. The van der Waals surface area contributed by atoms with Crippen molar-refractivity contribution >= 4 is 34.8 Å². The minimum Gasteiger partial charge on any atom is -0.508 e. The number of aromatic hydroxyl groups is 1. The highest BCUT2D eigenvalue weighted by Gasteiger charge is 2.64. The topological polar surface area (TPSA) is 197 Å². The molecule has 1 fully saturated rings. The van der Waals surface area contributed by atoms with Gasteiger partial charge in [-0.2, -0.15) is 0 Å². The predicted octanol–water partition coefficient (Wildman–Crippen LogP) is 0.988. The largest absolute Gasteiger partial charge is 0.508 e. The van der Waals surface area contributed by atoms with Crippen LogP contribution in [0, 0.1) is 11.8 Å². The van der Waals surface area contributed by atoms with E-state index in [1.165, 1.54) is 4.90 Å². The first-order valence-corrected chi connectivity index (χ1v) is 15.3. The summed E-state index contributed by atoms with van der Waals surface area (Å²) in [5, 5.41) is 49.4. The second-order valence-corrected chi connectivity index (χ2v) is 13.1. The van der Waals surface area contributed by atoms with Crippen molar-refractivity contribution < 1.29 is 39.6 Å². The summed E-state index contributed by atoms with van der Waals surface area (Å²) in [6, 6.07) is 7.24. The van der Waals surface area contributed by atoms with Crippen LogP contribution >= 0.6 is 0 Å². The zero-order valence-corrected chi connectivity index (χ0v) is 27.3. The highest BCUT2D eigenvalue weighted by Crippen LogP contribution is 2.55. The van der Waals surface area contributed by atoms with Crippen molar-refractivity contribution in [1.29, 1.82) is 0 Å². The number of primary amides is 1. The summed E-state index contributed by atoms with van der Waals surface area (Å²) in [7, 11) is 10.5. The monoisotopic (exact) mass is 647 g/mol. The summed E-state index contributed by atoms with van der Waals surface area (Å²) in [5.74, 6) is -7.40. The van der Waals surface area contributed by atoms with Crippen LogP contribution in [-0.2, 0) is 20.8 Å². The molecule has 3 aliphatic carbocycles. The number of ketones is 2. The van der Waals surface area contributed by atoms with Crippen LogP contribution in [0.4, 0.5) is 5.69 Å². The van der Waals surface area contributed by atoms with Crippen molar-refractivity contribution in [2.45, 2.75) is 24.5 Å². The second-order valence-electron chi connectivity index (χ2n) is 13.1. The molecule has 0 unspecified atom stereocenters. The molecule has 4 atom stereocenters. The normalized spacial score (nSPS) is 23.9. The van der Waals surface area contributed by atoms with Crippen molar-refractivity contribution in [2.75, 3.05) is 60.3 Å². The number of nitrogens with zero attached hydrogens (tertiary/aromatic N) is 3. The smallest absolute Gasteiger partial charge is 0.255 e. The van der Waals surface area contributed by atoms with E-state index in [1.54, 1.807) is 63.4 Å². The molecule has 13 heteroatoms. The lowest BCUT2D eigenvalue weighted by Crippen LogP contribution is -2.65. The maximum Gasteiger partial charge on any atom is 0.255 e. The van der Waals surface area contributed by atoms with Crippen molar-refractivity contribution in [3.8, 4) is 16.9 Å². The van der Waals surface area contributed by atoms with Crippen molar-refractivity contribution in [2.24, 2.45) is 17.6 Å². The second kappa shape index (κ2) is 12.1. The third kappa shape index (κ3) is 5.33. The van der Waals surface area contributed by atoms with Gasteiger partial charge in [-0.3, -0.25) is 24.1 Å². The number of carbonyl (C=O) groups excluding carboxylic acids is 4. The van der Waals surface area contributed by atoms with Crippen LogP contribution in [0.15, 0.2) is 47.2 Å². The number of Topliss-reactive ketones (excluding diaryl/α,β-unsaturated/α-hetero) is 2. The lowest BCUT2D eigenvalue weighted by atomic mass is 9.57.